The van der Waals surface area contributed by atoms with Crippen LogP contribution in [0.2, 0.25) is 0 Å². The number of fused-ring (bicyclic) bond motifs is 1. The van der Waals surface area contributed by atoms with Gasteiger partial charge in [0.1, 0.15) is 11.4 Å². The van der Waals surface area contributed by atoms with Crippen LogP contribution in [0.1, 0.15) is 45.6 Å². The number of rotatable bonds is 4. The molecule has 1 aromatic rings. The van der Waals surface area contributed by atoms with Gasteiger partial charge in [0.2, 0.25) is 5.91 Å². The SMILES string of the molecule is CC(C)(C)OC(=O)NC1CCN(C(=O)COc2ccc3c(c2)CCC(=O)N3)CC1. The lowest BCUT2D eigenvalue weighted by molar-refractivity contribution is -0.134. The molecule has 1 saturated heterocycles. The maximum Gasteiger partial charge on any atom is 0.407 e. The molecule has 0 radical (unpaired) electrons. The molecule has 2 heterocycles. The molecule has 1 aromatic carbocycles. The maximum atomic E-state index is 12.5. The number of hydrogen-bond donors (Lipinski definition) is 2. The lowest BCUT2D eigenvalue weighted by Crippen LogP contribution is -2.48. The number of alkyl carbamates (subject to hydrolysis) is 1. The summed E-state index contributed by atoms with van der Waals surface area (Å²) in [6.45, 7) is 6.58. The number of piperidine rings is 1. The highest BCUT2D eigenvalue weighted by molar-refractivity contribution is 5.94. The quantitative estimate of drug-likeness (QED) is 0.805. The average Bonchev–Trinajstić information content (AvgIpc) is 2.65. The standard InChI is InChI=1S/C21H29N3O5/c1-21(2,3)29-20(27)22-15-8-10-24(11-9-15)19(26)13-28-16-5-6-17-14(12-16)4-7-18(25)23-17/h5-6,12,15H,4,7-11,13H2,1-3H3,(H,22,27)(H,23,25). The van der Waals surface area contributed by atoms with Crippen molar-refractivity contribution in [3.8, 4) is 5.75 Å². The molecular weight excluding hydrogens is 374 g/mol. The molecule has 3 amide bonds. The van der Waals surface area contributed by atoms with E-state index in [-0.39, 0.29) is 24.5 Å². The number of likely N-dealkylation sites (tertiary alicyclic amines) is 1. The van der Waals surface area contributed by atoms with Crippen LogP contribution in [0, 0.1) is 0 Å². The van der Waals surface area contributed by atoms with Crippen LogP contribution in [0.25, 0.3) is 0 Å². The zero-order valence-electron chi connectivity index (χ0n) is 17.2. The molecule has 158 valence electrons. The first-order valence-corrected chi connectivity index (χ1v) is 10.0. The van der Waals surface area contributed by atoms with Gasteiger partial charge in [-0.05, 0) is 63.8 Å². The van der Waals surface area contributed by atoms with Gasteiger partial charge in [-0.15, -0.1) is 0 Å². The van der Waals surface area contributed by atoms with Crippen LogP contribution in [0.15, 0.2) is 18.2 Å². The number of benzene rings is 1. The Bertz CT molecular complexity index is 779. The van der Waals surface area contributed by atoms with Crippen LogP contribution in [-0.2, 0) is 20.7 Å². The van der Waals surface area contributed by atoms with Crippen molar-refractivity contribution >= 4 is 23.6 Å². The smallest absolute Gasteiger partial charge is 0.407 e. The van der Waals surface area contributed by atoms with Crippen LogP contribution in [0.5, 0.6) is 5.75 Å². The highest BCUT2D eigenvalue weighted by Gasteiger charge is 2.26. The van der Waals surface area contributed by atoms with Crippen molar-refractivity contribution in [3.05, 3.63) is 23.8 Å². The van der Waals surface area contributed by atoms with E-state index in [1.807, 2.05) is 26.8 Å². The highest BCUT2D eigenvalue weighted by Crippen LogP contribution is 2.26. The Labute approximate surface area is 170 Å². The van der Waals surface area contributed by atoms with Crippen LogP contribution in [0.3, 0.4) is 0 Å². The van der Waals surface area contributed by atoms with Gasteiger partial charge < -0.3 is 25.0 Å². The lowest BCUT2D eigenvalue weighted by atomic mass is 10.0. The number of amides is 3. The Balaban J connectivity index is 1.42. The number of nitrogens with zero attached hydrogens (tertiary/aromatic N) is 1. The number of nitrogens with one attached hydrogen (secondary N) is 2. The molecular formula is C21H29N3O5. The molecule has 29 heavy (non-hydrogen) atoms. The van der Waals surface area contributed by atoms with Gasteiger partial charge in [0.25, 0.3) is 5.91 Å². The zero-order valence-corrected chi connectivity index (χ0v) is 17.2. The van der Waals surface area contributed by atoms with E-state index < -0.39 is 11.7 Å². The van der Waals surface area contributed by atoms with E-state index in [9.17, 15) is 14.4 Å². The monoisotopic (exact) mass is 403 g/mol. The molecule has 0 spiro atoms. The van der Waals surface area contributed by atoms with Crippen molar-refractivity contribution in [2.24, 2.45) is 0 Å². The molecule has 8 heteroatoms. The fourth-order valence-electron chi connectivity index (χ4n) is 3.43. The Morgan fingerprint density at radius 3 is 2.62 bits per heavy atom. The van der Waals surface area contributed by atoms with Crippen molar-refractivity contribution in [3.63, 3.8) is 0 Å². The third-order valence-corrected chi connectivity index (χ3v) is 4.90. The second-order valence-electron chi connectivity index (χ2n) is 8.46. The Hall–Kier alpha value is -2.77. The Morgan fingerprint density at radius 1 is 1.21 bits per heavy atom. The number of carbonyl (C=O) groups excluding carboxylic acids is 3. The van der Waals surface area contributed by atoms with Crippen molar-refractivity contribution in [2.75, 3.05) is 25.0 Å². The van der Waals surface area contributed by atoms with Crippen molar-refractivity contribution in [1.29, 1.82) is 0 Å². The summed E-state index contributed by atoms with van der Waals surface area (Å²) in [6.07, 6.45) is 2.08. The van der Waals surface area contributed by atoms with Gasteiger partial charge in [-0.1, -0.05) is 0 Å². The minimum atomic E-state index is -0.527. The summed E-state index contributed by atoms with van der Waals surface area (Å²) in [5.74, 6) is 0.562. The fourth-order valence-corrected chi connectivity index (χ4v) is 3.43. The van der Waals surface area contributed by atoms with E-state index in [0.29, 0.717) is 44.5 Å². The number of carbonyl (C=O) groups is 3. The average molecular weight is 403 g/mol. The fraction of sp³-hybridized carbons (Fsp3) is 0.571. The van der Waals surface area contributed by atoms with Crippen molar-refractivity contribution < 1.29 is 23.9 Å². The lowest BCUT2D eigenvalue weighted by Gasteiger charge is -2.32. The van der Waals surface area contributed by atoms with Gasteiger partial charge in [-0.2, -0.15) is 0 Å². The molecule has 8 nitrogen and oxygen atoms in total. The first-order chi connectivity index (χ1) is 13.7. The number of hydrogen-bond acceptors (Lipinski definition) is 5. The van der Waals surface area contributed by atoms with Gasteiger partial charge in [0, 0.05) is 31.2 Å². The molecule has 2 aliphatic rings. The van der Waals surface area contributed by atoms with E-state index in [0.717, 1.165) is 11.3 Å². The molecule has 2 N–H and O–H groups in total. The molecule has 0 unspecified atom stereocenters. The van der Waals surface area contributed by atoms with Crippen LogP contribution in [-0.4, -0.2) is 54.1 Å². The summed E-state index contributed by atoms with van der Waals surface area (Å²) < 4.78 is 10.9. The largest absolute Gasteiger partial charge is 0.484 e. The van der Waals surface area contributed by atoms with Crippen LogP contribution in [0.4, 0.5) is 10.5 Å². The minimum absolute atomic E-state index is 0.00525. The summed E-state index contributed by atoms with van der Waals surface area (Å²) in [5.41, 5.74) is 1.29. The Morgan fingerprint density at radius 2 is 1.93 bits per heavy atom. The van der Waals surface area contributed by atoms with E-state index in [1.165, 1.54) is 0 Å². The number of ether oxygens (including phenoxy) is 2. The van der Waals surface area contributed by atoms with Crippen LogP contribution >= 0.6 is 0 Å². The third kappa shape index (κ3) is 6.10. The topological polar surface area (TPSA) is 97.0 Å². The van der Waals surface area contributed by atoms with Gasteiger partial charge in [-0.3, -0.25) is 9.59 Å². The first kappa shape index (κ1) is 21.0. The predicted molar refractivity (Wildman–Crippen MR) is 108 cm³/mol. The molecule has 0 atom stereocenters. The molecule has 3 rings (SSSR count). The molecule has 1 fully saturated rings. The second kappa shape index (κ2) is 8.71. The molecule has 0 saturated carbocycles. The summed E-state index contributed by atoms with van der Waals surface area (Å²) in [6, 6.07) is 5.44. The molecule has 0 aliphatic carbocycles. The second-order valence-corrected chi connectivity index (χ2v) is 8.46. The first-order valence-electron chi connectivity index (χ1n) is 10.0. The maximum absolute atomic E-state index is 12.5. The van der Waals surface area contributed by atoms with Crippen molar-refractivity contribution in [1.82, 2.24) is 10.2 Å². The summed E-state index contributed by atoms with van der Waals surface area (Å²) >= 11 is 0. The van der Waals surface area contributed by atoms with Gasteiger partial charge in [-0.25, -0.2) is 4.79 Å². The molecule has 0 bridgehead atoms. The normalized spacial score (nSPS) is 17.2. The summed E-state index contributed by atoms with van der Waals surface area (Å²) in [7, 11) is 0. The zero-order chi connectivity index (χ0) is 21.0. The van der Waals surface area contributed by atoms with Crippen LogP contribution < -0.4 is 15.4 Å². The van der Waals surface area contributed by atoms with E-state index >= 15 is 0 Å². The number of anilines is 1. The van der Waals surface area contributed by atoms with E-state index in [2.05, 4.69) is 10.6 Å². The Kier molecular flexibility index (Phi) is 6.30. The minimum Gasteiger partial charge on any atom is -0.484 e. The summed E-state index contributed by atoms with van der Waals surface area (Å²) in [4.78, 5) is 37.5. The van der Waals surface area contributed by atoms with Crippen molar-refractivity contribution in [2.45, 2.75) is 58.1 Å². The van der Waals surface area contributed by atoms with E-state index in [4.69, 9.17) is 9.47 Å². The third-order valence-electron chi connectivity index (χ3n) is 4.90. The molecule has 0 aromatic heterocycles. The van der Waals surface area contributed by atoms with Gasteiger partial charge in [0.05, 0.1) is 0 Å². The molecule has 2 aliphatic heterocycles. The summed E-state index contributed by atoms with van der Waals surface area (Å²) in [5, 5.41) is 5.69. The van der Waals surface area contributed by atoms with E-state index in [1.54, 1.807) is 17.0 Å². The highest BCUT2D eigenvalue weighted by atomic mass is 16.6. The predicted octanol–water partition coefficient (Wildman–Crippen LogP) is 2.47. The van der Waals surface area contributed by atoms with Gasteiger partial charge >= 0.3 is 6.09 Å². The van der Waals surface area contributed by atoms with Gasteiger partial charge in [0.15, 0.2) is 6.61 Å². The number of aryl methyl sites for hydroxylation is 1.